The van der Waals surface area contributed by atoms with Crippen LogP contribution in [0.2, 0.25) is 0 Å². The molecule has 0 bridgehead atoms. The molecule has 0 radical (unpaired) electrons. The molecule has 1 rings (SSSR count). The van der Waals surface area contributed by atoms with Gasteiger partial charge in [-0.05, 0) is 32.6 Å². The molecule has 0 saturated heterocycles. The van der Waals surface area contributed by atoms with Crippen LogP contribution in [-0.4, -0.2) is 11.7 Å². The summed E-state index contributed by atoms with van der Waals surface area (Å²) in [6.07, 6.45) is 6.34. The topological polar surface area (TPSA) is 46.2 Å². The molecule has 0 aromatic rings. The summed E-state index contributed by atoms with van der Waals surface area (Å²) >= 11 is 0. The van der Waals surface area contributed by atoms with Crippen molar-refractivity contribution in [1.29, 1.82) is 0 Å². The predicted molar refractivity (Wildman–Crippen MR) is 50.0 cm³/mol. The van der Waals surface area contributed by atoms with Crippen LogP contribution in [0.25, 0.3) is 0 Å². The molecule has 1 aliphatic carbocycles. The van der Waals surface area contributed by atoms with E-state index in [1.807, 2.05) is 6.08 Å². The van der Waals surface area contributed by atoms with Crippen molar-refractivity contribution < 1.29 is 9.59 Å². The SMILES string of the molecule is CC(=O)CC(=O)NC1=CCCCC1. The maximum absolute atomic E-state index is 11.1. The van der Waals surface area contributed by atoms with Gasteiger partial charge in [-0.2, -0.15) is 0 Å². The third kappa shape index (κ3) is 3.87. The average Bonchev–Trinajstić information content (AvgIpc) is 2.04. The van der Waals surface area contributed by atoms with Gasteiger partial charge in [-0.1, -0.05) is 6.08 Å². The largest absolute Gasteiger partial charge is 0.330 e. The van der Waals surface area contributed by atoms with Crippen molar-refractivity contribution in [3.05, 3.63) is 11.8 Å². The van der Waals surface area contributed by atoms with Crippen LogP contribution in [0.3, 0.4) is 0 Å². The first kappa shape index (κ1) is 9.96. The van der Waals surface area contributed by atoms with Crippen LogP contribution in [0.4, 0.5) is 0 Å². The summed E-state index contributed by atoms with van der Waals surface area (Å²) in [7, 11) is 0. The molecule has 72 valence electrons. The molecule has 1 aliphatic rings. The van der Waals surface area contributed by atoms with Gasteiger partial charge in [-0.25, -0.2) is 0 Å². The van der Waals surface area contributed by atoms with Gasteiger partial charge in [-0.15, -0.1) is 0 Å². The van der Waals surface area contributed by atoms with E-state index in [0.717, 1.165) is 25.0 Å². The van der Waals surface area contributed by atoms with Gasteiger partial charge >= 0.3 is 0 Å². The standard InChI is InChI=1S/C10H15NO2/c1-8(12)7-10(13)11-9-5-3-2-4-6-9/h5H,2-4,6-7H2,1H3,(H,11,13). The van der Waals surface area contributed by atoms with E-state index in [-0.39, 0.29) is 18.1 Å². The van der Waals surface area contributed by atoms with E-state index in [0.29, 0.717) is 0 Å². The van der Waals surface area contributed by atoms with Crippen LogP contribution < -0.4 is 5.32 Å². The fraction of sp³-hybridized carbons (Fsp3) is 0.600. The van der Waals surface area contributed by atoms with E-state index in [2.05, 4.69) is 5.32 Å². The highest BCUT2D eigenvalue weighted by molar-refractivity contribution is 5.97. The third-order valence-electron chi connectivity index (χ3n) is 2.00. The van der Waals surface area contributed by atoms with E-state index in [1.54, 1.807) is 0 Å². The van der Waals surface area contributed by atoms with Crippen LogP contribution >= 0.6 is 0 Å². The Morgan fingerprint density at radius 3 is 2.77 bits per heavy atom. The Bertz CT molecular complexity index is 243. The Hall–Kier alpha value is -1.12. The fourth-order valence-electron chi connectivity index (χ4n) is 1.40. The van der Waals surface area contributed by atoms with Gasteiger partial charge < -0.3 is 5.32 Å². The zero-order valence-electron chi connectivity index (χ0n) is 7.93. The number of amides is 1. The Morgan fingerprint density at radius 2 is 2.23 bits per heavy atom. The molecule has 0 fully saturated rings. The van der Waals surface area contributed by atoms with Gasteiger partial charge in [0.1, 0.15) is 5.78 Å². The fourth-order valence-corrected chi connectivity index (χ4v) is 1.40. The zero-order chi connectivity index (χ0) is 9.68. The first-order valence-electron chi connectivity index (χ1n) is 4.67. The van der Waals surface area contributed by atoms with Gasteiger partial charge in [0.25, 0.3) is 0 Å². The van der Waals surface area contributed by atoms with Crippen LogP contribution in [0.5, 0.6) is 0 Å². The summed E-state index contributed by atoms with van der Waals surface area (Å²) in [6.45, 7) is 1.43. The normalized spacial score (nSPS) is 16.2. The van der Waals surface area contributed by atoms with Crippen molar-refractivity contribution in [2.75, 3.05) is 0 Å². The minimum absolute atomic E-state index is 0.00264. The number of hydrogen-bond donors (Lipinski definition) is 1. The highest BCUT2D eigenvalue weighted by Gasteiger charge is 2.08. The molecule has 3 heteroatoms. The molecule has 0 heterocycles. The van der Waals surface area contributed by atoms with Crippen LogP contribution in [-0.2, 0) is 9.59 Å². The Morgan fingerprint density at radius 1 is 1.46 bits per heavy atom. The molecule has 0 aromatic carbocycles. The Kier molecular flexibility index (Phi) is 3.68. The number of rotatable bonds is 3. The van der Waals surface area contributed by atoms with Crippen molar-refractivity contribution in [2.24, 2.45) is 0 Å². The highest BCUT2D eigenvalue weighted by atomic mass is 16.2. The summed E-state index contributed by atoms with van der Waals surface area (Å²) in [5, 5.41) is 2.75. The van der Waals surface area contributed by atoms with Gasteiger partial charge in [0.05, 0.1) is 6.42 Å². The second-order valence-corrected chi connectivity index (χ2v) is 3.40. The number of Topliss-reactive ketones (excluding diaryl/α,β-unsaturated/α-hetero) is 1. The van der Waals surface area contributed by atoms with Crippen LogP contribution in [0, 0.1) is 0 Å². The summed E-state index contributed by atoms with van der Waals surface area (Å²) in [5.74, 6) is -0.269. The molecule has 0 saturated carbocycles. The molecule has 3 nitrogen and oxygen atoms in total. The lowest BCUT2D eigenvalue weighted by Crippen LogP contribution is -2.25. The van der Waals surface area contributed by atoms with E-state index in [4.69, 9.17) is 0 Å². The lowest BCUT2D eigenvalue weighted by atomic mass is 10.0. The number of ketones is 1. The third-order valence-corrected chi connectivity index (χ3v) is 2.00. The molecule has 0 aliphatic heterocycles. The van der Waals surface area contributed by atoms with Crippen molar-refractivity contribution in [3.63, 3.8) is 0 Å². The Labute approximate surface area is 78.2 Å². The number of carbonyl (C=O) groups excluding carboxylic acids is 2. The minimum Gasteiger partial charge on any atom is -0.330 e. The molecule has 0 spiro atoms. The lowest BCUT2D eigenvalue weighted by molar-refractivity contribution is -0.126. The molecule has 1 amide bonds. The molecular formula is C10H15NO2. The maximum Gasteiger partial charge on any atom is 0.231 e. The Balaban J connectivity index is 2.34. The molecule has 0 aromatic heterocycles. The zero-order valence-corrected chi connectivity index (χ0v) is 7.93. The van der Waals surface area contributed by atoms with E-state index < -0.39 is 0 Å². The minimum atomic E-state index is -0.180. The first-order valence-corrected chi connectivity index (χ1v) is 4.67. The molecule has 0 atom stereocenters. The predicted octanol–water partition coefficient (Wildman–Crippen LogP) is 1.54. The van der Waals surface area contributed by atoms with Crippen molar-refractivity contribution >= 4 is 11.7 Å². The number of nitrogens with one attached hydrogen (secondary N) is 1. The second kappa shape index (κ2) is 4.80. The van der Waals surface area contributed by atoms with E-state index in [1.165, 1.54) is 13.3 Å². The van der Waals surface area contributed by atoms with Crippen LogP contribution in [0.15, 0.2) is 11.8 Å². The van der Waals surface area contributed by atoms with Crippen molar-refractivity contribution in [2.45, 2.75) is 39.0 Å². The van der Waals surface area contributed by atoms with Crippen molar-refractivity contribution in [1.82, 2.24) is 5.32 Å². The molecule has 1 N–H and O–H groups in total. The molecule has 13 heavy (non-hydrogen) atoms. The van der Waals surface area contributed by atoms with Gasteiger partial charge in [0.15, 0.2) is 0 Å². The van der Waals surface area contributed by atoms with Gasteiger partial charge in [0, 0.05) is 5.70 Å². The second-order valence-electron chi connectivity index (χ2n) is 3.40. The van der Waals surface area contributed by atoms with Crippen LogP contribution in [0.1, 0.15) is 39.0 Å². The summed E-state index contributed by atoms with van der Waals surface area (Å²) in [4.78, 5) is 21.8. The highest BCUT2D eigenvalue weighted by Crippen LogP contribution is 2.14. The average molecular weight is 181 g/mol. The van der Waals surface area contributed by atoms with E-state index >= 15 is 0 Å². The quantitative estimate of drug-likeness (QED) is 0.671. The summed E-state index contributed by atoms with van der Waals surface area (Å²) in [6, 6.07) is 0. The monoisotopic (exact) mass is 181 g/mol. The first-order chi connectivity index (χ1) is 6.18. The summed E-state index contributed by atoms with van der Waals surface area (Å²) < 4.78 is 0. The number of allylic oxidation sites excluding steroid dienone is 2. The number of carbonyl (C=O) groups is 2. The van der Waals surface area contributed by atoms with E-state index in [9.17, 15) is 9.59 Å². The van der Waals surface area contributed by atoms with Gasteiger partial charge in [0.2, 0.25) is 5.91 Å². The number of hydrogen-bond acceptors (Lipinski definition) is 2. The smallest absolute Gasteiger partial charge is 0.231 e. The maximum atomic E-state index is 11.1. The summed E-state index contributed by atoms with van der Waals surface area (Å²) in [5.41, 5.74) is 0.984. The molecule has 0 unspecified atom stereocenters. The molecular weight excluding hydrogens is 166 g/mol. The van der Waals surface area contributed by atoms with Gasteiger partial charge in [-0.3, -0.25) is 9.59 Å². The lowest BCUT2D eigenvalue weighted by Gasteiger charge is -2.13. The van der Waals surface area contributed by atoms with Crippen molar-refractivity contribution in [3.8, 4) is 0 Å².